The van der Waals surface area contributed by atoms with Gasteiger partial charge in [0.05, 0.1) is 18.1 Å². The third-order valence-corrected chi connectivity index (χ3v) is 3.74. The number of aryl methyl sites for hydroxylation is 2. The first-order valence-corrected chi connectivity index (χ1v) is 6.90. The van der Waals surface area contributed by atoms with E-state index < -0.39 is 0 Å². The second-order valence-corrected chi connectivity index (χ2v) is 5.03. The predicted octanol–water partition coefficient (Wildman–Crippen LogP) is 3.16. The van der Waals surface area contributed by atoms with Crippen molar-refractivity contribution in [1.29, 1.82) is 0 Å². The molecule has 1 N–H and O–H groups in total. The zero-order chi connectivity index (χ0) is 13.8. The average molecular weight is 257 g/mol. The number of hydrogen-bond donors (Lipinski definition) is 1. The molecule has 0 bridgehead atoms. The molecule has 19 heavy (non-hydrogen) atoms. The lowest BCUT2D eigenvalue weighted by Gasteiger charge is -2.21. The van der Waals surface area contributed by atoms with Crippen molar-refractivity contribution in [3.05, 3.63) is 53.1 Å². The van der Waals surface area contributed by atoms with Crippen molar-refractivity contribution < 1.29 is 0 Å². The second kappa shape index (κ2) is 6.02. The molecule has 2 rings (SSSR count). The van der Waals surface area contributed by atoms with Crippen LogP contribution in [0.3, 0.4) is 0 Å². The fraction of sp³-hybridized carbons (Fsp3) is 0.438. The van der Waals surface area contributed by atoms with Crippen LogP contribution in [0.15, 0.2) is 30.6 Å². The first kappa shape index (κ1) is 13.8. The van der Waals surface area contributed by atoms with E-state index in [1.54, 1.807) is 0 Å². The minimum Gasteiger partial charge on any atom is -0.333 e. The molecule has 1 heterocycles. The standard InChI is InChI=1S/C16H23N3/c1-5-17-16(15-9-7-6-8-12(15)2)10-19-11-18-13(3)14(19)4/h6-9,11,16-17H,5,10H2,1-4H3. The fourth-order valence-corrected chi connectivity index (χ4v) is 2.42. The molecule has 1 unspecified atom stereocenters. The Morgan fingerprint density at radius 2 is 1.95 bits per heavy atom. The topological polar surface area (TPSA) is 29.9 Å². The van der Waals surface area contributed by atoms with Gasteiger partial charge in [-0.25, -0.2) is 4.98 Å². The third-order valence-electron chi connectivity index (χ3n) is 3.74. The molecule has 0 fully saturated rings. The summed E-state index contributed by atoms with van der Waals surface area (Å²) in [4.78, 5) is 4.38. The maximum atomic E-state index is 4.38. The lowest BCUT2D eigenvalue weighted by atomic mass is 10.0. The lowest BCUT2D eigenvalue weighted by Crippen LogP contribution is -2.26. The molecule has 1 atom stereocenters. The van der Waals surface area contributed by atoms with Crippen molar-refractivity contribution in [2.24, 2.45) is 0 Å². The van der Waals surface area contributed by atoms with Crippen LogP contribution in [0.25, 0.3) is 0 Å². The van der Waals surface area contributed by atoms with Crippen molar-refractivity contribution in [3.8, 4) is 0 Å². The van der Waals surface area contributed by atoms with E-state index >= 15 is 0 Å². The summed E-state index contributed by atoms with van der Waals surface area (Å²) in [5.41, 5.74) is 5.06. The molecule has 0 amide bonds. The van der Waals surface area contributed by atoms with Gasteiger partial charge in [0.25, 0.3) is 0 Å². The Bertz CT molecular complexity index is 543. The van der Waals surface area contributed by atoms with E-state index in [1.807, 2.05) is 6.33 Å². The summed E-state index contributed by atoms with van der Waals surface area (Å²) in [6.07, 6.45) is 1.94. The summed E-state index contributed by atoms with van der Waals surface area (Å²) in [6, 6.07) is 8.92. The predicted molar refractivity (Wildman–Crippen MR) is 79.3 cm³/mol. The van der Waals surface area contributed by atoms with E-state index in [-0.39, 0.29) is 0 Å². The zero-order valence-electron chi connectivity index (χ0n) is 12.3. The van der Waals surface area contributed by atoms with E-state index in [2.05, 4.69) is 66.8 Å². The zero-order valence-corrected chi connectivity index (χ0v) is 12.3. The Kier molecular flexibility index (Phi) is 4.38. The van der Waals surface area contributed by atoms with E-state index in [9.17, 15) is 0 Å². The van der Waals surface area contributed by atoms with Crippen LogP contribution in [-0.4, -0.2) is 16.1 Å². The molecule has 0 aliphatic heterocycles. The SMILES string of the molecule is CCNC(Cn1cnc(C)c1C)c1ccccc1C. The van der Waals surface area contributed by atoms with Crippen molar-refractivity contribution in [2.45, 2.75) is 40.3 Å². The van der Waals surface area contributed by atoms with Gasteiger partial charge in [-0.1, -0.05) is 31.2 Å². The number of rotatable bonds is 5. The molecule has 3 heteroatoms. The minimum atomic E-state index is 0.332. The summed E-state index contributed by atoms with van der Waals surface area (Å²) in [7, 11) is 0. The van der Waals surface area contributed by atoms with Crippen LogP contribution >= 0.6 is 0 Å². The molecular formula is C16H23N3. The second-order valence-electron chi connectivity index (χ2n) is 5.03. The Morgan fingerprint density at radius 3 is 2.53 bits per heavy atom. The Morgan fingerprint density at radius 1 is 1.21 bits per heavy atom. The van der Waals surface area contributed by atoms with Gasteiger partial charge >= 0.3 is 0 Å². The van der Waals surface area contributed by atoms with Crippen molar-refractivity contribution in [2.75, 3.05) is 6.54 Å². The largest absolute Gasteiger partial charge is 0.333 e. The summed E-state index contributed by atoms with van der Waals surface area (Å²) in [5.74, 6) is 0. The molecule has 0 saturated carbocycles. The summed E-state index contributed by atoms with van der Waals surface area (Å²) in [6.45, 7) is 10.4. The van der Waals surface area contributed by atoms with Crippen LogP contribution in [0.2, 0.25) is 0 Å². The monoisotopic (exact) mass is 257 g/mol. The fourth-order valence-electron chi connectivity index (χ4n) is 2.42. The molecule has 0 saturated heterocycles. The molecule has 0 aliphatic rings. The van der Waals surface area contributed by atoms with Gasteiger partial charge in [0, 0.05) is 12.2 Å². The molecule has 1 aromatic carbocycles. The van der Waals surface area contributed by atoms with Gasteiger partial charge in [-0.05, 0) is 38.4 Å². The van der Waals surface area contributed by atoms with E-state index in [0.717, 1.165) is 18.8 Å². The Labute approximate surface area is 115 Å². The highest BCUT2D eigenvalue weighted by Crippen LogP contribution is 2.20. The van der Waals surface area contributed by atoms with Gasteiger partial charge in [0.2, 0.25) is 0 Å². The average Bonchev–Trinajstić information content (AvgIpc) is 2.71. The highest BCUT2D eigenvalue weighted by molar-refractivity contribution is 5.29. The van der Waals surface area contributed by atoms with Gasteiger partial charge in [0.15, 0.2) is 0 Å². The molecule has 102 valence electrons. The van der Waals surface area contributed by atoms with Crippen molar-refractivity contribution in [3.63, 3.8) is 0 Å². The molecule has 3 nitrogen and oxygen atoms in total. The van der Waals surface area contributed by atoms with Gasteiger partial charge in [-0.15, -0.1) is 0 Å². The number of imidazole rings is 1. The molecule has 0 spiro atoms. The van der Waals surface area contributed by atoms with Crippen LogP contribution in [0, 0.1) is 20.8 Å². The van der Waals surface area contributed by atoms with Gasteiger partial charge in [-0.3, -0.25) is 0 Å². The summed E-state index contributed by atoms with van der Waals surface area (Å²) >= 11 is 0. The summed E-state index contributed by atoms with van der Waals surface area (Å²) < 4.78 is 2.23. The Balaban J connectivity index is 2.26. The molecule has 1 aromatic heterocycles. The lowest BCUT2D eigenvalue weighted by molar-refractivity contribution is 0.468. The first-order chi connectivity index (χ1) is 9.13. The van der Waals surface area contributed by atoms with Crippen LogP contribution in [0.1, 0.15) is 35.5 Å². The molecule has 2 aromatic rings. The van der Waals surface area contributed by atoms with Crippen molar-refractivity contribution >= 4 is 0 Å². The maximum absolute atomic E-state index is 4.38. The quantitative estimate of drug-likeness (QED) is 0.891. The van der Waals surface area contributed by atoms with E-state index in [1.165, 1.54) is 16.8 Å². The van der Waals surface area contributed by atoms with Gasteiger partial charge < -0.3 is 9.88 Å². The van der Waals surface area contributed by atoms with Crippen LogP contribution in [-0.2, 0) is 6.54 Å². The first-order valence-electron chi connectivity index (χ1n) is 6.90. The van der Waals surface area contributed by atoms with E-state index in [0.29, 0.717) is 6.04 Å². The van der Waals surface area contributed by atoms with Crippen LogP contribution in [0.4, 0.5) is 0 Å². The summed E-state index contributed by atoms with van der Waals surface area (Å²) in [5, 5.41) is 3.58. The molecule has 0 radical (unpaired) electrons. The highest BCUT2D eigenvalue weighted by atomic mass is 15.1. The number of aromatic nitrogens is 2. The number of benzene rings is 1. The van der Waals surface area contributed by atoms with Gasteiger partial charge in [-0.2, -0.15) is 0 Å². The smallest absolute Gasteiger partial charge is 0.0952 e. The number of nitrogens with one attached hydrogen (secondary N) is 1. The number of hydrogen-bond acceptors (Lipinski definition) is 2. The normalized spacial score (nSPS) is 12.6. The molecule has 0 aliphatic carbocycles. The number of nitrogens with zero attached hydrogens (tertiary/aromatic N) is 2. The van der Waals surface area contributed by atoms with Crippen LogP contribution in [0.5, 0.6) is 0 Å². The Hall–Kier alpha value is -1.61. The number of likely N-dealkylation sites (N-methyl/N-ethyl adjacent to an activating group) is 1. The molecular weight excluding hydrogens is 234 g/mol. The van der Waals surface area contributed by atoms with Crippen LogP contribution < -0.4 is 5.32 Å². The third kappa shape index (κ3) is 3.04. The highest BCUT2D eigenvalue weighted by Gasteiger charge is 2.14. The van der Waals surface area contributed by atoms with Gasteiger partial charge in [0.1, 0.15) is 0 Å². The van der Waals surface area contributed by atoms with E-state index in [4.69, 9.17) is 0 Å². The van der Waals surface area contributed by atoms with Crippen molar-refractivity contribution in [1.82, 2.24) is 14.9 Å². The minimum absolute atomic E-state index is 0.332. The maximum Gasteiger partial charge on any atom is 0.0952 e.